The summed E-state index contributed by atoms with van der Waals surface area (Å²) in [6.45, 7) is 0.250. The normalized spacial score (nSPS) is 25.3. The number of carbonyl (C=O) groups excluding carboxylic acids is 1. The van der Waals surface area contributed by atoms with Gasteiger partial charge in [-0.1, -0.05) is 15.9 Å². The number of rotatable bonds is 2. The van der Waals surface area contributed by atoms with Crippen molar-refractivity contribution in [2.24, 2.45) is 5.92 Å². The Morgan fingerprint density at radius 1 is 1.42 bits per heavy atom. The van der Waals surface area contributed by atoms with Crippen molar-refractivity contribution < 1.29 is 14.7 Å². The number of amides is 1. The minimum absolute atomic E-state index is 0.0124. The lowest BCUT2D eigenvalue weighted by atomic mass is 10.1. The molecule has 3 rings (SSSR count). The van der Waals surface area contributed by atoms with Crippen molar-refractivity contribution in [1.29, 1.82) is 0 Å². The maximum atomic E-state index is 12.0. The average molecular weight is 325 g/mol. The highest BCUT2D eigenvalue weighted by atomic mass is 79.9. The van der Waals surface area contributed by atoms with E-state index in [1.807, 2.05) is 23.1 Å². The number of hydrogen-bond acceptors (Lipinski definition) is 3. The molecule has 19 heavy (non-hydrogen) atoms. The van der Waals surface area contributed by atoms with Crippen molar-refractivity contribution in [3.8, 4) is 0 Å². The van der Waals surface area contributed by atoms with E-state index in [1.165, 1.54) is 0 Å². The van der Waals surface area contributed by atoms with E-state index in [0.717, 1.165) is 15.8 Å². The van der Waals surface area contributed by atoms with Gasteiger partial charge < -0.3 is 14.9 Å². The summed E-state index contributed by atoms with van der Waals surface area (Å²) in [6, 6.07) is 5.67. The van der Waals surface area contributed by atoms with Crippen molar-refractivity contribution in [3.05, 3.63) is 22.7 Å². The van der Waals surface area contributed by atoms with Crippen LogP contribution >= 0.6 is 15.9 Å². The maximum absolute atomic E-state index is 12.0. The average Bonchev–Trinajstić information content (AvgIpc) is 3.14. The topological polar surface area (TPSA) is 60.9 Å². The van der Waals surface area contributed by atoms with Crippen LogP contribution in [-0.4, -0.2) is 36.6 Å². The Morgan fingerprint density at radius 2 is 2.16 bits per heavy atom. The van der Waals surface area contributed by atoms with Gasteiger partial charge in [-0.2, -0.15) is 0 Å². The van der Waals surface area contributed by atoms with Gasteiger partial charge in [0, 0.05) is 17.6 Å². The predicted molar refractivity (Wildman–Crippen MR) is 74.4 cm³/mol. The molecule has 1 fully saturated rings. The van der Waals surface area contributed by atoms with Crippen molar-refractivity contribution in [1.82, 2.24) is 0 Å². The van der Waals surface area contributed by atoms with E-state index >= 15 is 0 Å². The summed E-state index contributed by atoms with van der Waals surface area (Å²) in [6.07, 6.45) is 0.613. The second-order valence-electron chi connectivity index (χ2n) is 4.96. The standard InChI is InChI=1S/C13H13BrN2O3/c1-15-11-4-7(14)2-3-9(11)16(6-12(15)17)10-5-8(10)13(18)19/h2-4,8,10H,5-6H2,1H3,(H,18,19). The van der Waals surface area contributed by atoms with Crippen molar-refractivity contribution in [3.63, 3.8) is 0 Å². The number of halogens is 1. The smallest absolute Gasteiger partial charge is 0.308 e. The molecule has 0 bridgehead atoms. The molecule has 0 saturated heterocycles. The molecule has 1 N–H and O–H groups in total. The van der Waals surface area contributed by atoms with Gasteiger partial charge in [0.1, 0.15) is 0 Å². The highest BCUT2D eigenvalue weighted by Crippen LogP contribution is 2.44. The molecule has 2 unspecified atom stereocenters. The van der Waals surface area contributed by atoms with Gasteiger partial charge in [-0.25, -0.2) is 0 Å². The zero-order valence-corrected chi connectivity index (χ0v) is 11.9. The molecule has 0 aromatic heterocycles. The number of nitrogens with zero attached hydrogens (tertiary/aromatic N) is 2. The van der Waals surface area contributed by atoms with Crippen molar-refractivity contribution >= 4 is 39.2 Å². The quantitative estimate of drug-likeness (QED) is 0.899. The fraction of sp³-hybridized carbons (Fsp3) is 0.385. The first kappa shape index (κ1) is 12.5. The Balaban J connectivity index is 1.98. The fourth-order valence-electron chi connectivity index (χ4n) is 2.57. The van der Waals surface area contributed by atoms with Gasteiger partial charge in [0.25, 0.3) is 0 Å². The van der Waals surface area contributed by atoms with Gasteiger partial charge in [0.2, 0.25) is 5.91 Å². The third kappa shape index (κ3) is 2.00. The van der Waals surface area contributed by atoms with Gasteiger partial charge in [0.05, 0.1) is 23.8 Å². The van der Waals surface area contributed by atoms with Crippen LogP contribution in [0.1, 0.15) is 6.42 Å². The number of carboxylic acid groups (broad SMARTS) is 1. The van der Waals surface area contributed by atoms with E-state index < -0.39 is 5.97 Å². The molecule has 2 atom stereocenters. The zero-order chi connectivity index (χ0) is 13.7. The minimum Gasteiger partial charge on any atom is -0.481 e. The first-order valence-corrected chi connectivity index (χ1v) is 6.84. The molecule has 0 spiro atoms. The molecule has 100 valence electrons. The predicted octanol–water partition coefficient (Wildman–Crippen LogP) is 1.70. The van der Waals surface area contributed by atoms with Gasteiger partial charge in [-0.3, -0.25) is 9.59 Å². The number of benzene rings is 1. The van der Waals surface area contributed by atoms with Crippen LogP contribution in [0, 0.1) is 5.92 Å². The van der Waals surface area contributed by atoms with Gasteiger partial charge >= 0.3 is 5.97 Å². The Bertz CT molecular complexity index is 575. The van der Waals surface area contributed by atoms with Crippen LogP contribution in [0.4, 0.5) is 11.4 Å². The van der Waals surface area contributed by atoms with Gasteiger partial charge in [0.15, 0.2) is 0 Å². The first-order chi connectivity index (χ1) is 8.99. The summed E-state index contributed by atoms with van der Waals surface area (Å²) >= 11 is 3.39. The van der Waals surface area contributed by atoms with Crippen LogP contribution < -0.4 is 9.80 Å². The molecule has 5 nitrogen and oxygen atoms in total. The lowest BCUT2D eigenvalue weighted by molar-refractivity contribution is -0.138. The molecular weight excluding hydrogens is 312 g/mol. The molecule has 1 saturated carbocycles. The van der Waals surface area contributed by atoms with E-state index in [1.54, 1.807) is 11.9 Å². The Labute approximate surface area is 118 Å². The van der Waals surface area contributed by atoms with Crippen LogP contribution in [-0.2, 0) is 9.59 Å². The number of anilines is 2. The van der Waals surface area contributed by atoms with Crippen molar-refractivity contribution in [2.75, 3.05) is 23.4 Å². The summed E-state index contributed by atoms with van der Waals surface area (Å²) in [7, 11) is 1.74. The third-order valence-corrected chi connectivity index (χ3v) is 4.26. The van der Waals surface area contributed by atoms with Crippen LogP contribution in [0.25, 0.3) is 0 Å². The molecule has 0 radical (unpaired) electrons. The summed E-state index contributed by atoms with van der Waals surface area (Å²) in [5.41, 5.74) is 1.75. The summed E-state index contributed by atoms with van der Waals surface area (Å²) in [5, 5.41) is 9.03. The lowest BCUT2D eigenvalue weighted by Gasteiger charge is -2.36. The van der Waals surface area contributed by atoms with E-state index in [2.05, 4.69) is 15.9 Å². The fourth-order valence-corrected chi connectivity index (χ4v) is 2.92. The zero-order valence-electron chi connectivity index (χ0n) is 10.3. The Hall–Kier alpha value is -1.56. The van der Waals surface area contributed by atoms with Crippen LogP contribution in [0.15, 0.2) is 22.7 Å². The third-order valence-electron chi connectivity index (χ3n) is 3.76. The van der Waals surface area contributed by atoms with E-state index in [4.69, 9.17) is 5.11 Å². The number of carbonyl (C=O) groups is 2. The molecule has 1 aliphatic carbocycles. The molecule has 1 aliphatic heterocycles. The maximum Gasteiger partial charge on any atom is 0.308 e. The monoisotopic (exact) mass is 324 g/mol. The minimum atomic E-state index is -0.782. The van der Waals surface area contributed by atoms with Gasteiger partial charge in [-0.15, -0.1) is 0 Å². The van der Waals surface area contributed by atoms with E-state index in [9.17, 15) is 9.59 Å². The largest absolute Gasteiger partial charge is 0.481 e. The van der Waals surface area contributed by atoms with E-state index in [0.29, 0.717) is 6.42 Å². The van der Waals surface area contributed by atoms with E-state index in [-0.39, 0.29) is 24.4 Å². The molecule has 1 amide bonds. The molecule has 1 aromatic carbocycles. The number of hydrogen-bond donors (Lipinski definition) is 1. The lowest BCUT2D eigenvalue weighted by Crippen LogP contribution is -2.45. The SMILES string of the molecule is CN1C(=O)CN(C2CC2C(=O)O)c2ccc(Br)cc21. The molecule has 2 aliphatic rings. The number of fused-ring (bicyclic) bond motifs is 1. The van der Waals surface area contributed by atoms with Gasteiger partial charge in [-0.05, 0) is 24.6 Å². The Kier molecular flexibility index (Phi) is 2.78. The first-order valence-electron chi connectivity index (χ1n) is 6.04. The summed E-state index contributed by atoms with van der Waals surface area (Å²) in [4.78, 5) is 26.5. The van der Waals surface area contributed by atoms with Crippen LogP contribution in [0.2, 0.25) is 0 Å². The van der Waals surface area contributed by atoms with Crippen LogP contribution in [0.3, 0.4) is 0 Å². The van der Waals surface area contributed by atoms with Crippen LogP contribution in [0.5, 0.6) is 0 Å². The summed E-state index contributed by atoms with van der Waals surface area (Å²) in [5.74, 6) is -1.15. The summed E-state index contributed by atoms with van der Waals surface area (Å²) < 4.78 is 0.901. The molecule has 1 heterocycles. The molecule has 6 heteroatoms. The number of aliphatic carboxylic acids is 1. The number of carboxylic acids is 1. The Morgan fingerprint density at radius 3 is 2.79 bits per heavy atom. The van der Waals surface area contributed by atoms with Crippen molar-refractivity contribution in [2.45, 2.75) is 12.5 Å². The second kappa shape index (κ2) is 4.23. The number of likely N-dealkylation sites (N-methyl/N-ethyl adjacent to an activating group) is 1. The highest BCUT2D eigenvalue weighted by Gasteiger charge is 2.49. The molecule has 1 aromatic rings. The highest BCUT2D eigenvalue weighted by molar-refractivity contribution is 9.10. The second-order valence-corrected chi connectivity index (χ2v) is 5.88. The molecular formula is C13H13BrN2O3.